The monoisotopic (exact) mass is 329 g/mol. The van der Waals surface area contributed by atoms with E-state index in [2.05, 4.69) is 23.1 Å². The van der Waals surface area contributed by atoms with Crippen molar-refractivity contribution < 1.29 is 9.84 Å². The zero-order valence-electron chi connectivity index (χ0n) is 14.6. The Bertz CT molecular complexity index is 656. The van der Waals surface area contributed by atoms with Crippen LogP contribution in [0.4, 0.5) is 0 Å². The summed E-state index contributed by atoms with van der Waals surface area (Å²) in [6.45, 7) is 5.19. The van der Waals surface area contributed by atoms with Crippen LogP contribution >= 0.6 is 0 Å². The first-order valence-corrected chi connectivity index (χ1v) is 8.66. The molecule has 0 radical (unpaired) electrons. The Kier molecular flexibility index (Phi) is 5.21. The summed E-state index contributed by atoms with van der Waals surface area (Å²) in [5, 5.41) is 15.3. The predicted molar refractivity (Wildman–Crippen MR) is 94.0 cm³/mol. The standard InChI is InChI=1S/C19H27N3O2/c1-16-17(13-21(2)20-16)14-22-11-6-9-19(23,10-12-22)15-24-18-7-4-3-5-8-18/h3-5,7-8,13,23H,6,9-12,14-15H2,1-2H3. The Morgan fingerprint density at radius 2 is 2.00 bits per heavy atom. The molecule has 0 aliphatic carbocycles. The third-order valence-corrected chi connectivity index (χ3v) is 4.77. The number of aryl methyl sites for hydroxylation is 2. The van der Waals surface area contributed by atoms with Gasteiger partial charge < -0.3 is 9.84 Å². The van der Waals surface area contributed by atoms with E-state index in [4.69, 9.17) is 4.74 Å². The highest BCUT2D eigenvalue weighted by molar-refractivity contribution is 5.21. The SMILES string of the molecule is Cc1nn(C)cc1CN1CCCC(O)(COc2ccccc2)CC1. The van der Waals surface area contributed by atoms with E-state index in [1.807, 2.05) is 42.1 Å². The van der Waals surface area contributed by atoms with E-state index in [1.54, 1.807) is 0 Å². The molecule has 1 fully saturated rings. The molecular formula is C19H27N3O2. The average molecular weight is 329 g/mol. The molecule has 0 saturated carbocycles. The van der Waals surface area contributed by atoms with Gasteiger partial charge in [0.05, 0.1) is 11.3 Å². The second kappa shape index (κ2) is 7.36. The van der Waals surface area contributed by atoms with Crippen LogP contribution in [0.15, 0.2) is 36.5 Å². The van der Waals surface area contributed by atoms with Gasteiger partial charge >= 0.3 is 0 Å². The number of para-hydroxylation sites is 1. The summed E-state index contributed by atoms with van der Waals surface area (Å²) in [6.07, 6.45) is 4.58. The Morgan fingerprint density at radius 3 is 2.71 bits per heavy atom. The Labute approximate surface area is 143 Å². The number of likely N-dealkylation sites (tertiary alicyclic amines) is 1. The Morgan fingerprint density at radius 1 is 1.21 bits per heavy atom. The van der Waals surface area contributed by atoms with Crippen LogP contribution in [0, 0.1) is 6.92 Å². The Balaban J connectivity index is 1.55. The Hall–Kier alpha value is -1.85. The lowest BCUT2D eigenvalue weighted by Gasteiger charge is -2.27. The maximum Gasteiger partial charge on any atom is 0.119 e. The maximum atomic E-state index is 10.9. The summed E-state index contributed by atoms with van der Waals surface area (Å²) in [4.78, 5) is 2.41. The van der Waals surface area contributed by atoms with Gasteiger partial charge in [-0.25, -0.2) is 0 Å². The van der Waals surface area contributed by atoms with Gasteiger partial charge in [0.15, 0.2) is 0 Å². The van der Waals surface area contributed by atoms with Crippen molar-refractivity contribution in [2.24, 2.45) is 7.05 Å². The first-order valence-electron chi connectivity index (χ1n) is 8.66. The molecule has 5 heteroatoms. The van der Waals surface area contributed by atoms with E-state index < -0.39 is 5.60 Å². The van der Waals surface area contributed by atoms with Crippen LogP contribution in [-0.2, 0) is 13.6 Å². The molecule has 1 N–H and O–H groups in total. The minimum absolute atomic E-state index is 0.358. The number of nitrogens with zero attached hydrogens (tertiary/aromatic N) is 3. The van der Waals surface area contributed by atoms with Gasteiger partial charge in [-0.15, -0.1) is 0 Å². The fourth-order valence-electron chi connectivity index (χ4n) is 3.32. The van der Waals surface area contributed by atoms with Crippen LogP contribution in [0.2, 0.25) is 0 Å². The molecule has 1 aliphatic rings. The molecule has 3 rings (SSSR count). The summed E-state index contributed by atoms with van der Waals surface area (Å²) in [5.74, 6) is 0.818. The van der Waals surface area contributed by atoms with Gasteiger partial charge in [0, 0.05) is 31.9 Å². The molecule has 24 heavy (non-hydrogen) atoms. The van der Waals surface area contributed by atoms with Crippen LogP contribution in [0.1, 0.15) is 30.5 Å². The van der Waals surface area contributed by atoms with Gasteiger partial charge in [0.25, 0.3) is 0 Å². The van der Waals surface area contributed by atoms with Crippen molar-refractivity contribution in [1.29, 1.82) is 0 Å². The fourth-order valence-corrected chi connectivity index (χ4v) is 3.32. The van der Waals surface area contributed by atoms with E-state index in [0.717, 1.165) is 50.3 Å². The van der Waals surface area contributed by atoms with E-state index in [1.165, 1.54) is 5.56 Å². The first-order chi connectivity index (χ1) is 11.5. The number of ether oxygens (including phenoxy) is 1. The number of aromatic nitrogens is 2. The normalized spacial score (nSPS) is 22.3. The van der Waals surface area contributed by atoms with E-state index in [-0.39, 0.29) is 0 Å². The minimum atomic E-state index is -0.741. The van der Waals surface area contributed by atoms with Crippen LogP contribution < -0.4 is 4.74 Å². The van der Waals surface area contributed by atoms with E-state index in [9.17, 15) is 5.11 Å². The molecule has 2 heterocycles. The van der Waals surface area contributed by atoms with Gasteiger partial charge in [-0.1, -0.05) is 18.2 Å². The van der Waals surface area contributed by atoms with Crippen molar-refractivity contribution >= 4 is 0 Å². The molecule has 1 unspecified atom stereocenters. The number of benzene rings is 1. The molecule has 2 aromatic rings. The summed E-state index contributed by atoms with van der Waals surface area (Å²) >= 11 is 0. The van der Waals surface area contributed by atoms with Crippen molar-refractivity contribution in [1.82, 2.24) is 14.7 Å². The van der Waals surface area contributed by atoms with E-state index in [0.29, 0.717) is 6.61 Å². The van der Waals surface area contributed by atoms with Crippen molar-refractivity contribution in [3.05, 3.63) is 47.8 Å². The van der Waals surface area contributed by atoms with Gasteiger partial charge in [0.1, 0.15) is 12.4 Å². The van der Waals surface area contributed by atoms with Crippen LogP contribution in [-0.4, -0.2) is 45.1 Å². The highest BCUT2D eigenvalue weighted by Crippen LogP contribution is 2.25. The van der Waals surface area contributed by atoms with Crippen LogP contribution in [0.3, 0.4) is 0 Å². The van der Waals surface area contributed by atoms with Crippen molar-refractivity contribution in [3.63, 3.8) is 0 Å². The summed E-state index contributed by atoms with van der Waals surface area (Å²) in [6, 6.07) is 9.72. The van der Waals surface area contributed by atoms with Gasteiger partial charge in [-0.05, 0) is 44.9 Å². The highest BCUT2D eigenvalue weighted by atomic mass is 16.5. The molecular weight excluding hydrogens is 302 g/mol. The predicted octanol–water partition coefficient (Wildman–Crippen LogP) is 2.52. The fraction of sp³-hybridized carbons (Fsp3) is 0.526. The molecule has 5 nitrogen and oxygen atoms in total. The summed E-state index contributed by atoms with van der Waals surface area (Å²) in [7, 11) is 1.96. The molecule has 0 amide bonds. The molecule has 1 aromatic heterocycles. The van der Waals surface area contributed by atoms with Gasteiger partial charge in [0.2, 0.25) is 0 Å². The largest absolute Gasteiger partial charge is 0.491 e. The summed E-state index contributed by atoms with van der Waals surface area (Å²) < 4.78 is 7.67. The van der Waals surface area contributed by atoms with Crippen LogP contribution in [0.5, 0.6) is 5.75 Å². The molecule has 1 aromatic carbocycles. The van der Waals surface area contributed by atoms with Gasteiger partial charge in [-0.3, -0.25) is 9.58 Å². The van der Waals surface area contributed by atoms with Crippen molar-refractivity contribution in [3.8, 4) is 5.75 Å². The summed E-state index contributed by atoms with van der Waals surface area (Å²) in [5.41, 5.74) is 1.61. The smallest absolute Gasteiger partial charge is 0.119 e. The minimum Gasteiger partial charge on any atom is -0.491 e. The van der Waals surface area contributed by atoms with Crippen molar-refractivity contribution in [2.75, 3.05) is 19.7 Å². The number of hydrogen-bond acceptors (Lipinski definition) is 4. The van der Waals surface area contributed by atoms with Crippen molar-refractivity contribution in [2.45, 2.75) is 38.3 Å². The zero-order chi connectivity index (χ0) is 17.0. The lowest BCUT2D eigenvalue weighted by atomic mass is 9.96. The molecule has 1 aliphatic heterocycles. The molecule has 1 saturated heterocycles. The number of hydrogen-bond donors (Lipinski definition) is 1. The molecule has 0 bridgehead atoms. The second-order valence-corrected chi connectivity index (χ2v) is 6.87. The van der Waals surface area contributed by atoms with Crippen LogP contribution in [0.25, 0.3) is 0 Å². The quantitative estimate of drug-likeness (QED) is 0.916. The molecule has 130 valence electrons. The number of rotatable bonds is 5. The number of aliphatic hydroxyl groups is 1. The topological polar surface area (TPSA) is 50.5 Å². The lowest BCUT2D eigenvalue weighted by molar-refractivity contribution is -0.0168. The third kappa shape index (κ3) is 4.36. The van der Waals surface area contributed by atoms with Gasteiger partial charge in [-0.2, -0.15) is 5.10 Å². The first kappa shape index (κ1) is 17.0. The lowest BCUT2D eigenvalue weighted by Crippen LogP contribution is -2.37. The second-order valence-electron chi connectivity index (χ2n) is 6.87. The molecule has 1 atom stereocenters. The molecule has 0 spiro atoms. The third-order valence-electron chi connectivity index (χ3n) is 4.77. The highest BCUT2D eigenvalue weighted by Gasteiger charge is 2.31. The maximum absolute atomic E-state index is 10.9. The zero-order valence-corrected chi connectivity index (χ0v) is 14.6. The van der Waals surface area contributed by atoms with E-state index >= 15 is 0 Å². The average Bonchev–Trinajstić information content (AvgIpc) is 2.77.